The quantitative estimate of drug-likeness (QED) is 0.263. The second-order valence-electron chi connectivity index (χ2n) is 10.8. The molecule has 0 saturated heterocycles. The molecule has 1 amide bonds. The molecule has 4 rings (SSSR count). The molecule has 8 heteroatoms. The number of hydrogen-bond acceptors (Lipinski definition) is 5. The van der Waals surface area contributed by atoms with Crippen molar-refractivity contribution in [3.8, 4) is 28.1 Å². The van der Waals surface area contributed by atoms with Gasteiger partial charge in [0.15, 0.2) is 5.75 Å². The highest BCUT2D eigenvalue weighted by Gasteiger charge is 2.33. The lowest BCUT2D eigenvalue weighted by Gasteiger charge is -2.20. The number of ether oxygens (including phenoxy) is 1. The maximum atomic E-state index is 13.4. The van der Waals surface area contributed by atoms with E-state index >= 15 is 0 Å². The number of nitrogens with one attached hydrogen (secondary N) is 1. The van der Waals surface area contributed by atoms with E-state index in [-0.39, 0.29) is 23.0 Å². The first-order chi connectivity index (χ1) is 17.2. The van der Waals surface area contributed by atoms with Crippen LogP contribution in [-0.2, 0) is 0 Å². The molecule has 0 atom stereocenters. The van der Waals surface area contributed by atoms with Crippen LogP contribution in [-0.4, -0.2) is 22.4 Å². The topological polar surface area (TPSA) is 81.4 Å². The molecule has 1 N–H and O–H groups in total. The Morgan fingerprint density at radius 2 is 1.57 bits per heavy atom. The van der Waals surface area contributed by atoms with Gasteiger partial charge in [0.2, 0.25) is 17.3 Å². The first-order valence-corrected chi connectivity index (χ1v) is 12.5. The molecule has 192 valence electrons. The third-order valence-corrected chi connectivity index (χ3v) is 6.06. The van der Waals surface area contributed by atoms with Crippen LogP contribution in [0.25, 0.3) is 33.5 Å². The van der Waals surface area contributed by atoms with Gasteiger partial charge in [-0.2, -0.15) is 0 Å². The van der Waals surface area contributed by atoms with Gasteiger partial charge in [-0.15, -0.1) is 0 Å². The van der Waals surface area contributed by atoms with Crippen molar-refractivity contribution in [1.29, 1.82) is 0 Å². The minimum atomic E-state index is -0.795. The van der Waals surface area contributed by atoms with Crippen molar-refractivity contribution in [3.63, 3.8) is 0 Å². The van der Waals surface area contributed by atoms with Crippen LogP contribution in [0.2, 0.25) is 10.0 Å². The Morgan fingerprint density at radius 1 is 0.919 bits per heavy atom. The lowest BCUT2D eigenvalue weighted by Crippen LogP contribution is -2.42. The number of amides is 1. The molecule has 0 bridgehead atoms. The van der Waals surface area contributed by atoms with Gasteiger partial charge in [0.1, 0.15) is 0 Å². The summed E-state index contributed by atoms with van der Waals surface area (Å²) in [6.45, 7) is 10.8. The number of Topliss-reactive ketones (excluding diaryl/α,β-unsaturated/α-hetero) is 1. The number of pyridine rings is 1. The van der Waals surface area contributed by atoms with E-state index in [0.717, 1.165) is 5.56 Å². The summed E-state index contributed by atoms with van der Waals surface area (Å²) in [5.41, 5.74) is 1.56. The van der Waals surface area contributed by atoms with Crippen LogP contribution >= 0.6 is 23.2 Å². The van der Waals surface area contributed by atoms with Crippen molar-refractivity contribution in [3.05, 3.63) is 70.4 Å². The Balaban J connectivity index is 2.02. The number of carbonyl (C=O) groups excluding carboxylic acids is 2. The van der Waals surface area contributed by atoms with E-state index < -0.39 is 17.0 Å². The number of rotatable bonds is 4. The molecule has 0 fully saturated rings. The molecular formula is C29H28Cl2N2O4. The Morgan fingerprint density at radius 3 is 2.16 bits per heavy atom. The van der Waals surface area contributed by atoms with Gasteiger partial charge in [-0.3, -0.25) is 4.79 Å². The third-order valence-electron chi connectivity index (χ3n) is 5.48. The molecule has 37 heavy (non-hydrogen) atoms. The predicted molar refractivity (Wildman–Crippen MR) is 148 cm³/mol. The summed E-state index contributed by atoms with van der Waals surface area (Å²) in [4.78, 5) is 30.9. The molecular weight excluding hydrogens is 511 g/mol. The molecule has 0 spiro atoms. The smallest absolute Gasteiger partial charge is 0.413 e. The highest BCUT2D eigenvalue weighted by Crippen LogP contribution is 2.42. The largest absolute Gasteiger partial charge is 0.430 e. The van der Waals surface area contributed by atoms with Crippen LogP contribution < -0.4 is 10.1 Å². The van der Waals surface area contributed by atoms with Crippen molar-refractivity contribution >= 4 is 46.2 Å². The summed E-state index contributed by atoms with van der Waals surface area (Å²) in [6, 6.07) is 16.4. The summed E-state index contributed by atoms with van der Waals surface area (Å²) in [6.07, 6.45) is -0.707. The number of ketones is 1. The number of nitrogens with zero attached hydrogens (tertiary/aromatic N) is 1. The van der Waals surface area contributed by atoms with Gasteiger partial charge in [0.05, 0.1) is 11.1 Å². The number of hydrogen-bond donors (Lipinski definition) is 1. The summed E-state index contributed by atoms with van der Waals surface area (Å²) in [5, 5.41) is 4.23. The summed E-state index contributed by atoms with van der Waals surface area (Å²) < 4.78 is 11.7. The van der Waals surface area contributed by atoms with Gasteiger partial charge < -0.3 is 14.5 Å². The standard InChI is InChI=1S/C29H28Cl2N2O4/c1-28(2,3)25(34)24-23(37-27(35)33-29(4,5)6)20-15-19(16-11-13-17(30)14-12-16)22(32-26(20)36-24)18-9-7-8-10-21(18)31/h7-15H,1-6H3,(H,33,35). The lowest BCUT2D eigenvalue weighted by atomic mass is 9.89. The Labute approximate surface area is 225 Å². The van der Waals surface area contributed by atoms with Gasteiger partial charge in [-0.1, -0.05) is 74.3 Å². The van der Waals surface area contributed by atoms with Crippen molar-refractivity contribution in [1.82, 2.24) is 10.3 Å². The molecule has 0 aliphatic carbocycles. The number of aromatic nitrogens is 1. The zero-order chi connectivity index (χ0) is 27.1. The number of carbonyl (C=O) groups is 2. The fourth-order valence-electron chi connectivity index (χ4n) is 3.73. The predicted octanol–water partition coefficient (Wildman–Crippen LogP) is 8.58. The van der Waals surface area contributed by atoms with Crippen molar-refractivity contribution < 1.29 is 18.7 Å². The Hall–Kier alpha value is -3.35. The summed E-state index contributed by atoms with van der Waals surface area (Å²) in [5.74, 6) is -0.376. The second-order valence-corrected chi connectivity index (χ2v) is 11.7. The van der Waals surface area contributed by atoms with Gasteiger partial charge in [-0.25, -0.2) is 9.78 Å². The maximum absolute atomic E-state index is 13.4. The number of furan rings is 1. The number of halogens is 2. The van der Waals surface area contributed by atoms with Crippen LogP contribution in [0, 0.1) is 5.41 Å². The maximum Gasteiger partial charge on any atom is 0.413 e. The molecule has 6 nitrogen and oxygen atoms in total. The van der Waals surface area contributed by atoms with E-state index in [1.54, 1.807) is 45.0 Å². The molecule has 2 heterocycles. The van der Waals surface area contributed by atoms with Crippen molar-refractivity contribution in [2.24, 2.45) is 5.41 Å². The molecule has 0 radical (unpaired) electrons. The first-order valence-electron chi connectivity index (χ1n) is 11.8. The van der Waals surface area contributed by atoms with Crippen molar-refractivity contribution in [2.45, 2.75) is 47.1 Å². The van der Waals surface area contributed by atoms with Crippen LogP contribution in [0.5, 0.6) is 5.75 Å². The van der Waals surface area contributed by atoms with Crippen LogP contribution in [0.1, 0.15) is 52.1 Å². The molecule has 2 aromatic carbocycles. The van der Waals surface area contributed by atoms with E-state index in [9.17, 15) is 9.59 Å². The monoisotopic (exact) mass is 538 g/mol. The van der Waals surface area contributed by atoms with Crippen LogP contribution in [0.4, 0.5) is 4.79 Å². The molecule has 2 aromatic heterocycles. The minimum Gasteiger partial charge on any atom is -0.430 e. The molecule has 4 aromatic rings. The fraction of sp³-hybridized carbons (Fsp3) is 0.276. The van der Waals surface area contributed by atoms with Gasteiger partial charge in [-0.05, 0) is 50.6 Å². The fourth-order valence-corrected chi connectivity index (χ4v) is 4.08. The highest BCUT2D eigenvalue weighted by atomic mass is 35.5. The Kier molecular flexibility index (Phi) is 7.10. The highest BCUT2D eigenvalue weighted by molar-refractivity contribution is 6.33. The minimum absolute atomic E-state index is 0.0186. The molecule has 0 saturated carbocycles. The van der Waals surface area contributed by atoms with Crippen LogP contribution in [0.15, 0.2) is 59.0 Å². The van der Waals surface area contributed by atoms with Crippen molar-refractivity contribution in [2.75, 3.05) is 0 Å². The summed E-state index contributed by atoms with van der Waals surface area (Å²) >= 11 is 12.7. The van der Waals surface area contributed by atoms with E-state index in [0.29, 0.717) is 32.3 Å². The molecule has 0 aliphatic rings. The van der Waals surface area contributed by atoms with E-state index in [1.165, 1.54) is 0 Å². The Bertz CT molecular complexity index is 1490. The van der Waals surface area contributed by atoms with Gasteiger partial charge >= 0.3 is 6.09 Å². The van der Waals surface area contributed by atoms with E-state index in [1.807, 2.05) is 51.1 Å². The van der Waals surface area contributed by atoms with Gasteiger partial charge in [0.25, 0.3) is 0 Å². The average molecular weight is 539 g/mol. The first kappa shape index (κ1) is 26.7. The zero-order valence-corrected chi connectivity index (χ0v) is 23.0. The number of benzene rings is 2. The SMILES string of the molecule is CC(C)(C)NC(=O)Oc1c(C(=O)C(C)(C)C)oc2nc(-c3ccccc3Cl)c(-c3ccc(Cl)cc3)cc12. The van der Waals surface area contributed by atoms with E-state index in [4.69, 9.17) is 37.3 Å². The van der Waals surface area contributed by atoms with Crippen LogP contribution in [0.3, 0.4) is 0 Å². The van der Waals surface area contributed by atoms with Gasteiger partial charge in [0, 0.05) is 32.1 Å². The summed E-state index contributed by atoms with van der Waals surface area (Å²) in [7, 11) is 0. The molecule has 0 aliphatic heterocycles. The zero-order valence-electron chi connectivity index (χ0n) is 21.5. The normalized spacial score (nSPS) is 12.0. The van der Waals surface area contributed by atoms with E-state index in [2.05, 4.69) is 5.32 Å². The second kappa shape index (κ2) is 9.84. The average Bonchev–Trinajstić information content (AvgIpc) is 3.13. The lowest BCUT2D eigenvalue weighted by molar-refractivity contribution is 0.0826. The number of fused-ring (bicyclic) bond motifs is 1. The molecule has 0 unspecified atom stereocenters. The third kappa shape index (κ3) is 5.81.